The second kappa shape index (κ2) is 17.4. The van der Waals surface area contributed by atoms with Gasteiger partial charge in [0, 0.05) is 24.2 Å². The highest BCUT2D eigenvalue weighted by atomic mass is 31.0. The number of aromatic amines is 3. The number of hydrogen-bond acceptors (Lipinski definition) is 5. The van der Waals surface area contributed by atoms with Crippen LogP contribution < -0.4 is 0 Å². The van der Waals surface area contributed by atoms with Gasteiger partial charge in [-0.15, -0.1) is 0 Å². The van der Waals surface area contributed by atoms with Gasteiger partial charge in [0.25, 0.3) is 0 Å². The van der Waals surface area contributed by atoms with Crippen LogP contribution in [0.15, 0.2) is 54.9 Å². The summed E-state index contributed by atoms with van der Waals surface area (Å²) in [6.07, 6.45) is 7.29. The molecule has 10 heteroatoms. The fourth-order valence-corrected chi connectivity index (χ4v) is 5.91. The first-order chi connectivity index (χ1) is 21.1. The van der Waals surface area contributed by atoms with E-state index in [-0.39, 0.29) is 0 Å². The van der Waals surface area contributed by atoms with Crippen LogP contribution >= 0.6 is 18.8 Å². The van der Waals surface area contributed by atoms with Crippen molar-refractivity contribution in [1.29, 1.82) is 0 Å². The molecule has 0 saturated carbocycles. The van der Waals surface area contributed by atoms with Crippen LogP contribution in [0.1, 0.15) is 85.4 Å². The Bertz CT molecular complexity index is 1500. The minimum Gasteiger partial charge on any atom is -0.341 e. The van der Waals surface area contributed by atoms with Gasteiger partial charge in [-0.25, -0.2) is 15.0 Å². The van der Waals surface area contributed by atoms with E-state index in [0.717, 1.165) is 89.1 Å². The van der Waals surface area contributed by atoms with E-state index in [1.165, 1.54) is 6.42 Å². The highest BCUT2D eigenvalue weighted by molar-refractivity contribution is 7.13. The molecule has 0 bridgehead atoms. The van der Waals surface area contributed by atoms with Crippen LogP contribution in [0.3, 0.4) is 0 Å². The van der Waals surface area contributed by atoms with Crippen LogP contribution in [0, 0.1) is 0 Å². The zero-order chi connectivity index (χ0) is 31.4. The van der Waals surface area contributed by atoms with Crippen molar-refractivity contribution >= 4 is 29.8 Å². The molecule has 1 aliphatic heterocycles. The zero-order valence-electron chi connectivity index (χ0n) is 26.9. The van der Waals surface area contributed by atoms with E-state index in [1.807, 2.05) is 53.9 Å². The summed E-state index contributed by atoms with van der Waals surface area (Å²) in [4.78, 5) is 24.5. The maximum Gasteiger partial charge on any atom is 0.138 e. The molecule has 3 aromatic heterocycles. The van der Waals surface area contributed by atoms with E-state index < -0.39 is 0 Å². The quantitative estimate of drug-likeness (QED) is 0.151. The van der Waals surface area contributed by atoms with Crippen molar-refractivity contribution in [3.05, 3.63) is 66.5 Å². The van der Waals surface area contributed by atoms with E-state index in [4.69, 9.17) is 4.98 Å². The van der Waals surface area contributed by atoms with E-state index in [9.17, 15) is 0 Å². The van der Waals surface area contributed by atoms with Gasteiger partial charge in [-0.1, -0.05) is 97.6 Å². The number of benzene rings is 2. The zero-order valence-corrected chi connectivity index (χ0v) is 29.2. The maximum absolute atomic E-state index is 4.83. The smallest absolute Gasteiger partial charge is 0.138 e. The number of hydrogen-bond donors (Lipinski definition) is 3. The SMILES string of the molecule is CC.CC.CC.CCCN(P)Cc1ncc(-c2ccc(-c3nc4ccc(-c5cnc([C@@H]6CCCN6P)[nH]5)cc4[nH]3)cc2)[nH]1. The van der Waals surface area contributed by atoms with Crippen LogP contribution in [-0.2, 0) is 6.54 Å². The number of fused-ring (bicyclic) bond motifs is 1. The summed E-state index contributed by atoms with van der Waals surface area (Å²) >= 11 is 0. The molecule has 8 nitrogen and oxygen atoms in total. The van der Waals surface area contributed by atoms with Gasteiger partial charge in [0.05, 0.1) is 47.4 Å². The molecule has 2 aromatic carbocycles. The molecular formula is C33H50N8P2. The van der Waals surface area contributed by atoms with E-state index in [1.54, 1.807) is 0 Å². The molecule has 0 radical (unpaired) electrons. The normalized spacial score (nSPS) is 14.5. The van der Waals surface area contributed by atoms with Gasteiger partial charge in [0.2, 0.25) is 0 Å². The van der Waals surface area contributed by atoms with Gasteiger partial charge in [0.15, 0.2) is 0 Å². The molecule has 3 N–H and O–H groups in total. The van der Waals surface area contributed by atoms with Crippen LogP contribution in [-0.4, -0.2) is 52.3 Å². The van der Waals surface area contributed by atoms with Crippen molar-refractivity contribution in [1.82, 2.24) is 39.2 Å². The monoisotopic (exact) mass is 620 g/mol. The van der Waals surface area contributed by atoms with Crippen molar-refractivity contribution < 1.29 is 0 Å². The summed E-state index contributed by atoms with van der Waals surface area (Å²) in [5.74, 6) is 2.86. The average Bonchev–Trinajstić information content (AvgIpc) is 3.87. The van der Waals surface area contributed by atoms with Crippen molar-refractivity contribution in [3.63, 3.8) is 0 Å². The summed E-state index contributed by atoms with van der Waals surface area (Å²) in [6, 6.07) is 15.1. The lowest BCUT2D eigenvalue weighted by Crippen LogP contribution is -2.12. The molecule has 0 amide bonds. The van der Waals surface area contributed by atoms with E-state index in [2.05, 4.69) is 102 Å². The fraction of sp³-hybridized carbons (Fsp3) is 0.424. The Morgan fingerprint density at radius 2 is 1.51 bits per heavy atom. The van der Waals surface area contributed by atoms with Gasteiger partial charge < -0.3 is 15.0 Å². The van der Waals surface area contributed by atoms with Gasteiger partial charge in [0.1, 0.15) is 17.5 Å². The topological polar surface area (TPSA) is 92.5 Å². The first-order valence-electron chi connectivity index (χ1n) is 15.8. The predicted molar refractivity (Wildman–Crippen MR) is 190 cm³/mol. The third-order valence-corrected chi connectivity index (χ3v) is 8.02. The largest absolute Gasteiger partial charge is 0.341 e. The van der Waals surface area contributed by atoms with Crippen LogP contribution in [0.2, 0.25) is 0 Å². The van der Waals surface area contributed by atoms with E-state index in [0.29, 0.717) is 6.04 Å². The third kappa shape index (κ3) is 8.61. The van der Waals surface area contributed by atoms with Gasteiger partial charge >= 0.3 is 0 Å². The predicted octanol–water partition coefficient (Wildman–Crippen LogP) is 9.02. The molecular weight excluding hydrogens is 570 g/mol. The van der Waals surface area contributed by atoms with Crippen molar-refractivity contribution in [3.8, 4) is 33.9 Å². The van der Waals surface area contributed by atoms with Crippen molar-refractivity contribution in [2.75, 3.05) is 13.1 Å². The number of rotatable bonds is 8. The molecule has 5 aromatic rings. The summed E-state index contributed by atoms with van der Waals surface area (Å²) in [7, 11) is 5.60. The van der Waals surface area contributed by atoms with E-state index >= 15 is 0 Å². The molecule has 43 heavy (non-hydrogen) atoms. The summed E-state index contributed by atoms with van der Waals surface area (Å²) in [5.41, 5.74) is 7.26. The number of nitrogens with zero attached hydrogens (tertiary/aromatic N) is 5. The molecule has 232 valence electrons. The first kappa shape index (κ1) is 34.6. The summed E-state index contributed by atoms with van der Waals surface area (Å²) < 4.78 is 4.48. The Balaban J connectivity index is 0.000000796. The van der Waals surface area contributed by atoms with Gasteiger partial charge in [-0.3, -0.25) is 9.34 Å². The fourth-order valence-electron chi connectivity index (χ4n) is 5.01. The molecule has 4 heterocycles. The van der Waals surface area contributed by atoms with Crippen molar-refractivity contribution in [2.24, 2.45) is 0 Å². The Labute approximate surface area is 262 Å². The lowest BCUT2D eigenvalue weighted by molar-refractivity contribution is 0.434. The summed E-state index contributed by atoms with van der Waals surface area (Å²) in [6.45, 7) is 17.1. The molecule has 2 unspecified atom stereocenters. The number of nitrogens with one attached hydrogen (secondary N) is 3. The molecule has 1 fully saturated rings. The van der Waals surface area contributed by atoms with Crippen LogP contribution in [0.4, 0.5) is 0 Å². The molecule has 6 rings (SSSR count). The first-order valence-corrected chi connectivity index (χ1v) is 16.8. The van der Waals surface area contributed by atoms with Gasteiger partial charge in [-0.2, -0.15) is 0 Å². The highest BCUT2D eigenvalue weighted by Gasteiger charge is 2.25. The highest BCUT2D eigenvalue weighted by Crippen LogP contribution is 2.34. The Hall–Kier alpha value is -2.89. The average molecular weight is 621 g/mol. The molecule has 0 aliphatic carbocycles. The second-order valence-electron chi connectivity index (χ2n) is 9.69. The maximum atomic E-state index is 4.83. The number of imidazole rings is 3. The minimum atomic E-state index is 0.346. The van der Waals surface area contributed by atoms with Crippen LogP contribution in [0.25, 0.3) is 44.9 Å². The summed E-state index contributed by atoms with van der Waals surface area (Å²) in [5, 5.41) is 0. The molecule has 1 aliphatic rings. The Morgan fingerprint density at radius 1 is 0.860 bits per heavy atom. The molecule has 1 saturated heterocycles. The van der Waals surface area contributed by atoms with Crippen LogP contribution in [0.5, 0.6) is 0 Å². The van der Waals surface area contributed by atoms with Gasteiger partial charge in [-0.05, 0) is 37.0 Å². The molecule has 3 atom stereocenters. The number of aromatic nitrogens is 6. The minimum absolute atomic E-state index is 0.346. The Morgan fingerprint density at radius 3 is 2.19 bits per heavy atom. The third-order valence-electron chi connectivity index (χ3n) is 6.96. The Kier molecular flexibility index (Phi) is 14.0. The van der Waals surface area contributed by atoms with Crippen molar-refractivity contribution in [2.45, 2.75) is 80.3 Å². The second-order valence-corrected chi connectivity index (χ2v) is 11.1. The lowest BCUT2D eigenvalue weighted by Gasteiger charge is -2.16. The molecule has 0 spiro atoms. The number of H-pyrrole nitrogens is 3. The standard InChI is InChI=1S/C27H32N8P2.3C2H6/c1-2-11-34(36)16-25-28-14-22(30-25)17-5-7-18(8-6-17)26-31-20-10-9-19(13-21(20)32-26)23-15-29-27(33-23)24-4-3-12-35(24)37;3*1-2/h5-10,13-15,24H,2-4,11-12,16,36-37H2,1H3,(H,28,30)(H,29,33)(H,31,32);3*1-2H3/t24-;;;/m0.../s1. The lowest BCUT2D eigenvalue weighted by atomic mass is 10.1.